The summed E-state index contributed by atoms with van der Waals surface area (Å²) in [5, 5.41) is 8.55. The zero-order valence-corrected chi connectivity index (χ0v) is 20.3. The van der Waals surface area contributed by atoms with E-state index in [0.29, 0.717) is 16.5 Å². The van der Waals surface area contributed by atoms with Crippen molar-refractivity contribution in [2.75, 3.05) is 0 Å². The Bertz CT molecular complexity index is 1080. The summed E-state index contributed by atoms with van der Waals surface area (Å²) in [5.41, 5.74) is 0.361. The highest BCUT2D eigenvalue weighted by atomic mass is 16.2. The van der Waals surface area contributed by atoms with Crippen LogP contribution in [0.3, 0.4) is 0 Å². The van der Waals surface area contributed by atoms with Gasteiger partial charge in [-0.2, -0.15) is 0 Å². The third kappa shape index (κ3) is 6.46. The van der Waals surface area contributed by atoms with Gasteiger partial charge in [0.2, 0.25) is 17.6 Å². The van der Waals surface area contributed by atoms with E-state index >= 15 is 0 Å². The number of fused-ring (bicyclic) bond motifs is 1. The molecule has 2 aromatic rings. The van der Waals surface area contributed by atoms with Crippen LogP contribution in [0.2, 0.25) is 0 Å². The molecule has 0 saturated carbocycles. The number of nitrogens with zero attached hydrogens (tertiary/aromatic N) is 1. The number of hydrogen-bond acceptors (Lipinski definition) is 6. The highest BCUT2D eigenvalue weighted by Crippen LogP contribution is 2.22. The van der Waals surface area contributed by atoms with Gasteiger partial charge in [0.25, 0.3) is 5.91 Å². The molecule has 3 N–H and O–H groups in total. The van der Waals surface area contributed by atoms with Crippen molar-refractivity contribution in [3.8, 4) is 0 Å². The number of rotatable bonds is 9. The number of carbonyl (C=O) groups excluding carboxylic acids is 5. The molecular weight excluding hydrogens is 436 g/mol. The number of amides is 3. The normalized spacial score (nSPS) is 14.1. The lowest BCUT2D eigenvalue weighted by Gasteiger charge is -2.31. The molecule has 34 heavy (non-hydrogen) atoms. The summed E-state index contributed by atoms with van der Waals surface area (Å²) in [6.07, 6.45) is 1.70. The minimum Gasteiger partial charge on any atom is -0.344 e. The van der Waals surface area contributed by atoms with Crippen LogP contribution in [0.1, 0.15) is 51.9 Å². The van der Waals surface area contributed by atoms with Crippen LogP contribution in [0.5, 0.6) is 0 Å². The minimum absolute atomic E-state index is 0.169. The number of hydrogen-bond donors (Lipinski definition) is 3. The Morgan fingerprint density at radius 2 is 1.56 bits per heavy atom. The molecule has 0 aliphatic heterocycles. The van der Waals surface area contributed by atoms with Crippen LogP contribution in [0.4, 0.5) is 0 Å². The number of nitrogens with one attached hydrogen (secondary N) is 3. The predicted molar refractivity (Wildman–Crippen MR) is 128 cm³/mol. The first-order chi connectivity index (χ1) is 15.9. The van der Waals surface area contributed by atoms with Crippen molar-refractivity contribution in [3.63, 3.8) is 0 Å². The lowest BCUT2D eigenvalue weighted by Crippen LogP contribution is -2.58. The molecule has 9 nitrogen and oxygen atoms in total. The van der Waals surface area contributed by atoms with Crippen LogP contribution < -0.4 is 16.0 Å². The van der Waals surface area contributed by atoms with Crippen LogP contribution in [-0.4, -0.2) is 52.9 Å². The maximum atomic E-state index is 13.1. The molecule has 0 aliphatic rings. The molecule has 3 atom stereocenters. The molecular formula is C25H32N4O5. The Kier molecular flexibility index (Phi) is 8.62. The van der Waals surface area contributed by atoms with Crippen LogP contribution in [0.15, 0.2) is 36.5 Å². The van der Waals surface area contributed by atoms with Gasteiger partial charge >= 0.3 is 0 Å². The van der Waals surface area contributed by atoms with Crippen LogP contribution >= 0.6 is 0 Å². The zero-order valence-electron chi connectivity index (χ0n) is 20.3. The monoisotopic (exact) mass is 468 g/mol. The van der Waals surface area contributed by atoms with Crippen molar-refractivity contribution in [2.45, 2.75) is 59.7 Å². The second-order valence-corrected chi connectivity index (χ2v) is 9.63. The van der Waals surface area contributed by atoms with E-state index in [9.17, 15) is 24.0 Å². The summed E-state index contributed by atoms with van der Waals surface area (Å²) in [5.74, 6) is -2.65. The average molecular weight is 469 g/mol. The number of aldehydes is 1. The van der Waals surface area contributed by atoms with Gasteiger partial charge in [0, 0.05) is 11.6 Å². The second kappa shape index (κ2) is 11.0. The van der Waals surface area contributed by atoms with E-state index in [2.05, 4.69) is 20.9 Å². The molecule has 0 spiro atoms. The topological polar surface area (TPSA) is 134 Å². The number of pyridine rings is 1. The van der Waals surface area contributed by atoms with Crippen molar-refractivity contribution >= 4 is 40.7 Å². The summed E-state index contributed by atoms with van der Waals surface area (Å²) in [6.45, 7) is 10.3. The van der Waals surface area contributed by atoms with E-state index in [0.717, 1.165) is 0 Å². The van der Waals surface area contributed by atoms with Crippen molar-refractivity contribution < 1.29 is 24.0 Å². The Labute approximate surface area is 199 Å². The molecule has 0 unspecified atom stereocenters. The van der Waals surface area contributed by atoms with Crippen molar-refractivity contribution in [1.29, 1.82) is 0 Å². The fourth-order valence-corrected chi connectivity index (χ4v) is 3.46. The van der Waals surface area contributed by atoms with Gasteiger partial charge in [0.05, 0.1) is 17.1 Å². The van der Waals surface area contributed by atoms with E-state index in [1.54, 1.807) is 58.9 Å². The Balaban J connectivity index is 2.18. The quantitative estimate of drug-likeness (QED) is 0.379. The second-order valence-electron chi connectivity index (χ2n) is 9.63. The van der Waals surface area contributed by atoms with E-state index < -0.39 is 47.0 Å². The lowest BCUT2D eigenvalue weighted by molar-refractivity contribution is -0.135. The first-order valence-electron chi connectivity index (χ1n) is 11.1. The molecule has 1 aromatic heterocycles. The first kappa shape index (κ1) is 26.6. The molecule has 0 saturated heterocycles. The van der Waals surface area contributed by atoms with Crippen LogP contribution in [0.25, 0.3) is 10.9 Å². The van der Waals surface area contributed by atoms with Crippen LogP contribution in [-0.2, 0) is 19.2 Å². The first-order valence-corrected chi connectivity index (χ1v) is 11.1. The largest absolute Gasteiger partial charge is 0.344 e. The van der Waals surface area contributed by atoms with Gasteiger partial charge in [-0.3, -0.25) is 29.0 Å². The number of carbonyl (C=O) groups is 5. The lowest BCUT2D eigenvalue weighted by atomic mass is 9.85. The van der Waals surface area contributed by atoms with Gasteiger partial charge < -0.3 is 16.0 Å². The van der Waals surface area contributed by atoms with E-state index in [-0.39, 0.29) is 12.2 Å². The van der Waals surface area contributed by atoms with E-state index in [4.69, 9.17) is 0 Å². The molecule has 1 heterocycles. The standard InChI is InChI=1S/C25H32N4O5/c1-14(2)20(19(31)13-30)28-22(32)15(3)27-24(34)21(25(4,5)6)29-23(33)17-11-12-26-18-10-8-7-9-16(17)18/h7-15,20-21H,1-6H3,(H,27,34)(H,28,32)(H,29,33)/t15-,20-,21+/m0/s1. The minimum atomic E-state index is -1.00. The third-order valence-electron chi connectivity index (χ3n) is 5.44. The van der Waals surface area contributed by atoms with Gasteiger partial charge in [0.1, 0.15) is 12.1 Å². The van der Waals surface area contributed by atoms with Crippen molar-refractivity contribution in [2.24, 2.45) is 11.3 Å². The van der Waals surface area contributed by atoms with Gasteiger partial charge in [-0.1, -0.05) is 52.8 Å². The maximum Gasteiger partial charge on any atom is 0.252 e. The van der Waals surface area contributed by atoms with Gasteiger partial charge in [-0.15, -0.1) is 0 Å². The summed E-state index contributed by atoms with van der Waals surface area (Å²) in [7, 11) is 0. The number of benzene rings is 1. The predicted octanol–water partition coefficient (Wildman–Crippen LogP) is 1.79. The zero-order chi connectivity index (χ0) is 25.6. The Morgan fingerprint density at radius 1 is 0.912 bits per heavy atom. The summed E-state index contributed by atoms with van der Waals surface area (Å²) < 4.78 is 0. The summed E-state index contributed by atoms with van der Waals surface area (Å²) in [6, 6.07) is 5.83. The van der Waals surface area contributed by atoms with Gasteiger partial charge in [-0.25, -0.2) is 0 Å². The summed E-state index contributed by atoms with van der Waals surface area (Å²) >= 11 is 0. The molecule has 9 heteroatoms. The molecule has 0 aliphatic carbocycles. The van der Waals surface area contributed by atoms with E-state index in [1.165, 1.54) is 13.1 Å². The molecule has 2 rings (SSSR count). The highest BCUT2D eigenvalue weighted by Gasteiger charge is 2.35. The number of ketones is 1. The average Bonchev–Trinajstić information content (AvgIpc) is 2.78. The molecule has 1 aromatic carbocycles. The highest BCUT2D eigenvalue weighted by molar-refractivity contribution is 6.28. The number of aromatic nitrogens is 1. The van der Waals surface area contributed by atoms with Gasteiger partial charge in [-0.05, 0) is 30.4 Å². The Hall–Kier alpha value is -3.62. The summed E-state index contributed by atoms with van der Waals surface area (Å²) in [4.78, 5) is 65.7. The molecule has 0 bridgehead atoms. The number of para-hydroxylation sites is 1. The molecule has 0 fully saturated rings. The maximum absolute atomic E-state index is 13.1. The van der Waals surface area contributed by atoms with E-state index in [1.807, 2.05) is 6.07 Å². The molecule has 0 radical (unpaired) electrons. The molecule has 182 valence electrons. The van der Waals surface area contributed by atoms with Crippen LogP contribution in [0, 0.1) is 11.3 Å². The van der Waals surface area contributed by atoms with Crippen molar-refractivity contribution in [3.05, 3.63) is 42.1 Å². The van der Waals surface area contributed by atoms with Gasteiger partial charge in [0.15, 0.2) is 6.29 Å². The van der Waals surface area contributed by atoms with Crippen molar-refractivity contribution in [1.82, 2.24) is 20.9 Å². The molecule has 3 amide bonds. The Morgan fingerprint density at radius 3 is 2.15 bits per heavy atom. The third-order valence-corrected chi connectivity index (χ3v) is 5.44. The smallest absolute Gasteiger partial charge is 0.252 e. The fraction of sp³-hybridized carbons (Fsp3) is 0.440. The SMILES string of the molecule is CC(C)[C@H](NC(=O)[C@H](C)NC(=O)[C@@H](NC(=O)c1ccnc2ccccc12)C(C)(C)C)C(=O)C=O. The number of Topliss-reactive ketones (excluding diaryl/α,β-unsaturated/α-hetero) is 1. The fourth-order valence-electron chi connectivity index (χ4n) is 3.46.